The highest BCUT2D eigenvalue weighted by Gasteiger charge is 2.25. The molecule has 0 unspecified atom stereocenters. The summed E-state index contributed by atoms with van der Waals surface area (Å²) < 4.78 is 0. The van der Waals surface area contributed by atoms with Gasteiger partial charge in [-0.25, -0.2) is 0 Å². The van der Waals surface area contributed by atoms with Gasteiger partial charge in [-0.1, -0.05) is 35.3 Å². The van der Waals surface area contributed by atoms with Gasteiger partial charge in [0, 0.05) is 40.2 Å². The van der Waals surface area contributed by atoms with E-state index in [2.05, 4.69) is 5.32 Å². The monoisotopic (exact) mass is 438 g/mol. The topological polar surface area (TPSA) is 49.4 Å². The molecular formula is C21H24Cl2N2O2S. The molecule has 2 amide bonds. The Balaban J connectivity index is 2.04. The van der Waals surface area contributed by atoms with Crippen molar-refractivity contribution < 1.29 is 9.59 Å². The summed E-state index contributed by atoms with van der Waals surface area (Å²) in [6.07, 6.45) is 0.331. The van der Waals surface area contributed by atoms with E-state index in [-0.39, 0.29) is 11.8 Å². The highest BCUT2D eigenvalue weighted by Crippen LogP contribution is 2.22. The molecule has 0 bridgehead atoms. The number of thioether (sulfide) groups is 1. The summed E-state index contributed by atoms with van der Waals surface area (Å²) in [5.74, 6) is 0.387. The molecule has 0 aliphatic carbocycles. The average molecular weight is 439 g/mol. The summed E-state index contributed by atoms with van der Waals surface area (Å²) in [5.41, 5.74) is 0.891. The molecule has 1 N–H and O–H groups in total. The Hall–Kier alpha value is -1.69. The van der Waals surface area contributed by atoms with Crippen molar-refractivity contribution in [2.24, 2.45) is 0 Å². The second-order valence-corrected chi connectivity index (χ2v) is 8.32. The van der Waals surface area contributed by atoms with Crippen LogP contribution in [0.25, 0.3) is 0 Å². The van der Waals surface area contributed by atoms with Crippen molar-refractivity contribution in [2.45, 2.75) is 37.8 Å². The van der Waals surface area contributed by atoms with Crippen molar-refractivity contribution in [3.05, 3.63) is 64.1 Å². The Morgan fingerprint density at radius 2 is 1.82 bits per heavy atom. The third-order valence-electron chi connectivity index (χ3n) is 4.16. The van der Waals surface area contributed by atoms with Gasteiger partial charge < -0.3 is 10.2 Å². The van der Waals surface area contributed by atoms with E-state index in [1.54, 1.807) is 29.7 Å². The maximum atomic E-state index is 12.9. The van der Waals surface area contributed by atoms with Gasteiger partial charge in [0.15, 0.2) is 0 Å². The zero-order valence-corrected chi connectivity index (χ0v) is 18.3. The molecule has 0 fully saturated rings. The Morgan fingerprint density at radius 1 is 1.11 bits per heavy atom. The molecule has 2 aromatic carbocycles. The SMILES string of the molecule is CCNC(=O)[C@@H](C)N(Cc1cccc(Cl)c1)C(=O)CCSc1ccc(Cl)cc1. The van der Waals surface area contributed by atoms with Gasteiger partial charge >= 0.3 is 0 Å². The van der Waals surface area contributed by atoms with Gasteiger partial charge in [0.2, 0.25) is 11.8 Å². The second kappa shape index (κ2) is 11.3. The molecule has 0 heterocycles. The molecule has 0 spiro atoms. The first kappa shape index (κ1) is 22.6. The average Bonchev–Trinajstić information content (AvgIpc) is 2.67. The summed E-state index contributed by atoms with van der Waals surface area (Å²) in [4.78, 5) is 27.9. The highest BCUT2D eigenvalue weighted by atomic mass is 35.5. The van der Waals surface area contributed by atoms with Gasteiger partial charge in [-0.2, -0.15) is 0 Å². The quantitative estimate of drug-likeness (QED) is 0.558. The summed E-state index contributed by atoms with van der Waals surface area (Å²) in [6.45, 7) is 4.47. The highest BCUT2D eigenvalue weighted by molar-refractivity contribution is 7.99. The van der Waals surface area contributed by atoms with Crippen LogP contribution in [0.5, 0.6) is 0 Å². The molecule has 0 aromatic heterocycles. The fraction of sp³-hybridized carbons (Fsp3) is 0.333. The van der Waals surface area contributed by atoms with Crippen molar-refractivity contribution in [3.8, 4) is 0 Å². The maximum absolute atomic E-state index is 12.9. The zero-order chi connectivity index (χ0) is 20.5. The number of nitrogens with one attached hydrogen (secondary N) is 1. The number of carbonyl (C=O) groups excluding carboxylic acids is 2. The van der Waals surface area contributed by atoms with Crippen LogP contribution in [-0.4, -0.2) is 35.1 Å². The van der Waals surface area contributed by atoms with Crippen LogP contribution in [0, 0.1) is 0 Å². The number of hydrogen-bond donors (Lipinski definition) is 1. The van der Waals surface area contributed by atoms with E-state index in [0.717, 1.165) is 10.5 Å². The first-order valence-corrected chi connectivity index (χ1v) is 10.8. The number of likely N-dealkylation sites (N-methyl/N-ethyl adjacent to an activating group) is 1. The smallest absolute Gasteiger partial charge is 0.242 e. The number of amides is 2. The molecule has 4 nitrogen and oxygen atoms in total. The van der Waals surface area contributed by atoms with Crippen LogP contribution >= 0.6 is 35.0 Å². The van der Waals surface area contributed by atoms with Crippen molar-refractivity contribution in [1.29, 1.82) is 0 Å². The fourth-order valence-corrected chi connectivity index (χ4v) is 3.85. The minimum atomic E-state index is -0.563. The van der Waals surface area contributed by atoms with Crippen LogP contribution in [0.3, 0.4) is 0 Å². The lowest BCUT2D eigenvalue weighted by molar-refractivity contribution is -0.140. The lowest BCUT2D eigenvalue weighted by atomic mass is 10.1. The van der Waals surface area contributed by atoms with E-state index in [1.165, 1.54) is 0 Å². The number of hydrogen-bond acceptors (Lipinski definition) is 3. The third kappa shape index (κ3) is 7.04. The molecule has 0 aliphatic heterocycles. The van der Waals surface area contributed by atoms with E-state index < -0.39 is 6.04 Å². The van der Waals surface area contributed by atoms with E-state index >= 15 is 0 Å². The molecule has 2 aromatic rings. The standard InChI is InChI=1S/C21H24Cl2N2O2S/c1-3-24-21(27)15(2)25(14-16-5-4-6-18(23)13-16)20(26)11-12-28-19-9-7-17(22)8-10-19/h4-10,13,15H,3,11-12,14H2,1-2H3,(H,24,27)/t15-/m1/s1. The van der Waals surface area contributed by atoms with E-state index in [1.807, 2.05) is 49.4 Å². The van der Waals surface area contributed by atoms with Crippen molar-refractivity contribution in [3.63, 3.8) is 0 Å². The Kier molecular flexibility index (Phi) is 9.16. The van der Waals surface area contributed by atoms with Crippen LogP contribution in [0.4, 0.5) is 0 Å². The molecule has 150 valence electrons. The molecule has 1 atom stereocenters. The number of nitrogens with zero attached hydrogens (tertiary/aromatic N) is 1. The predicted molar refractivity (Wildman–Crippen MR) is 117 cm³/mol. The zero-order valence-electron chi connectivity index (χ0n) is 16.0. The van der Waals surface area contributed by atoms with Crippen molar-refractivity contribution in [1.82, 2.24) is 10.2 Å². The van der Waals surface area contributed by atoms with Gasteiger partial charge in [0.05, 0.1) is 0 Å². The molecule has 7 heteroatoms. The van der Waals surface area contributed by atoms with Crippen LogP contribution in [0.2, 0.25) is 10.0 Å². The Labute approximate surface area is 180 Å². The Bertz CT molecular complexity index is 799. The van der Waals surface area contributed by atoms with Crippen molar-refractivity contribution in [2.75, 3.05) is 12.3 Å². The first-order chi connectivity index (χ1) is 13.4. The normalized spacial score (nSPS) is 11.7. The maximum Gasteiger partial charge on any atom is 0.242 e. The van der Waals surface area contributed by atoms with Crippen LogP contribution in [-0.2, 0) is 16.1 Å². The van der Waals surface area contributed by atoms with Crippen molar-refractivity contribution >= 4 is 46.8 Å². The van der Waals surface area contributed by atoms with Crippen LogP contribution in [0.1, 0.15) is 25.8 Å². The number of rotatable bonds is 9. The molecule has 2 rings (SSSR count). The molecule has 0 saturated carbocycles. The molecule has 0 radical (unpaired) electrons. The summed E-state index contributed by atoms with van der Waals surface area (Å²) in [5, 5.41) is 4.08. The summed E-state index contributed by atoms with van der Waals surface area (Å²) in [7, 11) is 0. The molecule has 28 heavy (non-hydrogen) atoms. The number of benzene rings is 2. The second-order valence-electron chi connectivity index (χ2n) is 6.27. The Morgan fingerprint density at radius 3 is 2.46 bits per heavy atom. The molecule has 0 aliphatic rings. The van der Waals surface area contributed by atoms with Gasteiger partial charge in [0.25, 0.3) is 0 Å². The van der Waals surface area contributed by atoms with Crippen LogP contribution < -0.4 is 5.32 Å². The number of halogens is 2. The lowest BCUT2D eigenvalue weighted by Crippen LogP contribution is -2.47. The van der Waals surface area contributed by atoms with Crippen LogP contribution in [0.15, 0.2) is 53.4 Å². The summed E-state index contributed by atoms with van der Waals surface area (Å²) in [6, 6.07) is 14.3. The third-order valence-corrected chi connectivity index (χ3v) is 5.66. The minimum absolute atomic E-state index is 0.0693. The van der Waals surface area contributed by atoms with Gasteiger partial charge in [-0.15, -0.1) is 11.8 Å². The van der Waals surface area contributed by atoms with E-state index in [9.17, 15) is 9.59 Å². The van der Waals surface area contributed by atoms with Gasteiger partial charge in [0.1, 0.15) is 6.04 Å². The van der Waals surface area contributed by atoms with Gasteiger partial charge in [-0.05, 0) is 55.8 Å². The molecule has 0 saturated heterocycles. The van der Waals surface area contributed by atoms with E-state index in [4.69, 9.17) is 23.2 Å². The molecular weight excluding hydrogens is 415 g/mol. The van der Waals surface area contributed by atoms with E-state index in [0.29, 0.717) is 35.3 Å². The number of carbonyl (C=O) groups is 2. The largest absolute Gasteiger partial charge is 0.355 e. The minimum Gasteiger partial charge on any atom is -0.355 e. The first-order valence-electron chi connectivity index (χ1n) is 9.10. The lowest BCUT2D eigenvalue weighted by Gasteiger charge is -2.28. The predicted octanol–water partition coefficient (Wildman–Crippen LogP) is 5.03. The van der Waals surface area contributed by atoms with Gasteiger partial charge in [-0.3, -0.25) is 9.59 Å². The fourth-order valence-electron chi connectivity index (χ4n) is 2.67. The summed E-state index contributed by atoms with van der Waals surface area (Å²) >= 11 is 13.6.